The zero-order valence-electron chi connectivity index (χ0n) is 12.0. The van der Waals surface area contributed by atoms with Crippen LogP contribution in [0.5, 0.6) is 0 Å². The monoisotopic (exact) mass is 341 g/mol. The van der Waals surface area contributed by atoms with Gasteiger partial charge in [0.25, 0.3) is 0 Å². The lowest BCUT2D eigenvalue weighted by Crippen LogP contribution is -2.45. The number of halogens is 3. The molecular weight excluding hydrogens is 323 g/mol. The number of sulfonamides is 1. The van der Waals surface area contributed by atoms with Crippen LogP contribution in [-0.4, -0.2) is 32.0 Å². The summed E-state index contributed by atoms with van der Waals surface area (Å²) in [6, 6.07) is -0.774. The molecule has 0 heterocycles. The number of carbonyl (C=O) groups is 1. The zero-order valence-corrected chi connectivity index (χ0v) is 12.8. The van der Waals surface area contributed by atoms with Crippen LogP contribution in [0.2, 0.25) is 0 Å². The minimum Gasteiger partial charge on any atom is -0.459 e. The van der Waals surface area contributed by atoms with Gasteiger partial charge in [-0.3, -0.25) is 0 Å². The van der Waals surface area contributed by atoms with Crippen LogP contribution in [0.15, 0.2) is 12.2 Å². The molecule has 1 N–H and O–H groups in total. The quantitative estimate of drug-likeness (QED) is 0.628. The Kier molecular flexibility index (Phi) is 4.59. The molecule has 2 fully saturated rings. The fourth-order valence-electron chi connectivity index (χ4n) is 3.27. The minimum absolute atomic E-state index is 0.0580. The Morgan fingerprint density at radius 2 is 1.86 bits per heavy atom. The highest BCUT2D eigenvalue weighted by Crippen LogP contribution is 2.44. The third-order valence-electron chi connectivity index (χ3n) is 4.17. The molecule has 4 unspecified atom stereocenters. The lowest BCUT2D eigenvalue weighted by atomic mass is 9.86. The topological polar surface area (TPSA) is 72.5 Å². The molecule has 0 amide bonds. The standard InChI is InChI=1S/C13H18F3NO4S/c1-7(2)12(18)21-11-5-8-3-9(11)6-10(4-8)17-22(19,20)13(14,15)16/h8-11,17H,1,3-6H2,2H3. The highest BCUT2D eigenvalue weighted by Gasteiger charge is 2.49. The van der Waals surface area contributed by atoms with Crippen molar-refractivity contribution < 1.29 is 31.1 Å². The summed E-state index contributed by atoms with van der Waals surface area (Å²) in [6.07, 6.45) is 1.47. The molecule has 0 saturated heterocycles. The van der Waals surface area contributed by atoms with Crippen molar-refractivity contribution in [2.75, 3.05) is 0 Å². The van der Waals surface area contributed by atoms with E-state index < -0.39 is 27.5 Å². The van der Waals surface area contributed by atoms with Crippen LogP contribution in [0.1, 0.15) is 32.6 Å². The van der Waals surface area contributed by atoms with Crippen molar-refractivity contribution in [1.82, 2.24) is 4.72 Å². The van der Waals surface area contributed by atoms with Gasteiger partial charge in [-0.15, -0.1) is 0 Å². The summed E-state index contributed by atoms with van der Waals surface area (Å²) in [5.74, 6) is -0.587. The normalized spacial score (nSPS) is 31.8. The summed E-state index contributed by atoms with van der Waals surface area (Å²) < 4.78 is 66.6. The van der Waals surface area contributed by atoms with Crippen molar-refractivity contribution in [3.63, 3.8) is 0 Å². The maximum absolute atomic E-state index is 12.4. The Morgan fingerprint density at radius 3 is 2.41 bits per heavy atom. The maximum atomic E-state index is 12.4. The van der Waals surface area contributed by atoms with Crippen LogP contribution < -0.4 is 4.72 Å². The van der Waals surface area contributed by atoms with Gasteiger partial charge in [-0.05, 0) is 44.4 Å². The molecule has 126 valence electrons. The number of rotatable bonds is 4. The van der Waals surface area contributed by atoms with Crippen LogP contribution in [0.3, 0.4) is 0 Å². The van der Waals surface area contributed by atoms with E-state index in [-0.39, 0.29) is 29.9 Å². The third-order valence-corrected chi connectivity index (χ3v) is 5.42. The Balaban J connectivity index is 1.99. The summed E-state index contributed by atoms with van der Waals surface area (Å²) in [5, 5.41) is 0. The molecule has 22 heavy (non-hydrogen) atoms. The Labute approximate surface area is 126 Å². The molecule has 0 spiro atoms. The fraction of sp³-hybridized carbons (Fsp3) is 0.769. The van der Waals surface area contributed by atoms with E-state index in [4.69, 9.17) is 4.74 Å². The first-order valence-electron chi connectivity index (χ1n) is 6.94. The lowest BCUT2D eigenvalue weighted by Gasteiger charge is -2.29. The summed E-state index contributed by atoms with van der Waals surface area (Å²) in [4.78, 5) is 11.5. The molecule has 0 radical (unpaired) electrons. The van der Waals surface area contributed by atoms with Crippen molar-refractivity contribution >= 4 is 16.0 Å². The van der Waals surface area contributed by atoms with Gasteiger partial charge in [0.15, 0.2) is 0 Å². The fourth-order valence-corrected chi connectivity index (χ4v) is 4.03. The molecule has 2 rings (SSSR count). The number of carbonyl (C=O) groups excluding carboxylic acids is 1. The summed E-state index contributed by atoms with van der Waals surface area (Å²) in [7, 11) is -5.34. The molecular formula is C13H18F3NO4S. The number of fused-ring (bicyclic) bond motifs is 2. The van der Waals surface area contributed by atoms with Crippen LogP contribution in [0.4, 0.5) is 13.2 Å². The average molecular weight is 341 g/mol. The number of nitrogens with one attached hydrogen (secondary N) is 1. The molecule has 0 aliphatic heterocycles. The summed E-state index contributed by atoms with van der Waals surface area (Å²) in [6.45, 7) is 5.00. The Bertz CT molecular complexity index is 572. The van der Waals surface area contributed by atoms with Gasteiger partial charge in [-0.1, -0.05) is 6.58 Å². The Morgan fingerprint density at radius 1 is 1.23 bits per heavy atom. The van der Waals surface area contributed by atoms with Crippen molar-refractivity contribution in [2.24, 2.45) is 11.8 Å². The van der Waals surface area contributed by atoms with E-state index in [1.807, 2.05) is 0 Å². The van der Waals surface area contributed by atoms with E-state index in [9.17, 15) is 26.4 Å². The van der Waals surface area contributed by atoms with Crippen molar-refractivity contribution in [2.45, 2.75) is 50.3 Å². The maximum Gasteiger partial charge on any atom is 0.511 e. The second-order valence-electron chi connectivity index (χ2n) is 6.06. The van der Waals surface area contributed by atoms with E-state index in [1.54, 1.807) is 4.72 Å². The van der Waals surface area contributed by atoms with Gasteiger partial charge in [0.1, 0.15) is 6.10 Å². The molecule has 9 heteroatoms. The van der Waals surface area contributed by atoms with Gasteiger partial charge >= 0.3 is 21.5 Å². The first kappa shape index (κ1) is 17.3. The first-order valence-corrected chi connectivity index (χ1v) is 8.43. The number of hydrogen-bond acceptors (Lipinski definition) is 4. The van der Waals surface area contributed by atoms with Gasteiger partial charge in [0, 0.05) is 11.6 Å². The summed E-state index contributed by atoms with van der Waals surface area (Å²) in [5.41, 5.74) is -5.05. The zero-order chi connectivity index (χ0) is 16.7. The molecule has 4 atom stereocenters. The van der Waals surface area contributed by atoms with Gasteiger partial charge in [-0.2, -0.15) is 13.2 Å². The van der Waals surface area contributed by atoms with E-state index >= 15 is 0 Å². The predicted octanol–water partition coefficient (Wildman–Crippen LogP) is 2.10. The molecule has 2 bridgehead atoms. The largest absolute Gasteiger partial charge is 0.511 e. The number of esters is 1. The number of hydrogen-bond donors (Lipinski definition) is 1. The number of alkyl halides is 3. The molecule has 0 aromatic carbocycles. The smallest absolute Gasteiger partial charge is 0.459 e. The van der Waals surface area contributed by atoms with Crippen molar-refractivity contribution in [3.8, 4) is 0 Å². The van der Waals surface area contributed by atoms with Gasteiger partial charge < -0.3 is 4.74 Å². The molecule has 5 nitrogen and oxygen atoms in total. The molecule has 0 aromatic rings. The van der Waals surface area contributed by atoms with Crippen LogP contribution in [-0.2, 0) is 19.6 Å². The van der Waals surface area contributed by atoms with Gasteiger partial charge in [-0.25, -0.2) is 17.9 Å². The first-order chi connectivity index (χ1) is 9.99. The summed E-state index contributed by atoms with van der Waals surface area (Å²) >= 11 is 0. The lowest BCUT2D eigenvalue weighted by molar-refractivity contribution is -0.146. The third kappa shape index (κ3) is 3.62. The van der Waals surface area contributed by atoms with E-state index in [1.165, 1.54) is 6.92 Å². The van der Waals surface area contributed by atoms with Crippen molar-refractivity contribution in [3.05, 3.63) is 12.2 Å². The van der Waals surface area contributed by atoms with Gasteiger partial charge in [0.2, 0.25) is 0 Å². The predicted molar refractivity (Wildman–Crippen MR) is 72.0 cm³/mol. The van der Waals surface area contributed by atoms with Gasteiger partial charge in [0.05, 0.1) is 0 Å². The second kappa shape index (κ2) is 5.84. The highest BCUT2D eigenvalue weighted by molar-refractivity contribution is 7.90. The minimum atomic E-state index is -5.34. The van der Waals surface area contributed by atoms with Crippen molar-refractivity contribution in [1.29, 1.82) is 0 Å². The molecule has 0 aromatic heterocycles. The molecule has 2 saturated carbocycles. The highest BCUT2D eigenvalue weighted by atomic mass is 32.2. The van der Waals surface area contributed by atoms with E-state index in [0.717, 1.165) is 6.42 Å². The molecule has 2 aliphatic rings. The second-order valence-corrected chi connectivity index (χ2v) is 7.76. The molecule has 2 aliphatic carbocycles. The van der Waals surface area contributed by atoms with Crippen LogP contribution in [0.25, 0.3) is 0 Å². The van der Waals surface area contributed by atoms with Crippen LogP contribution in [0, 0.1) is 11.8 Å². The number of ether oxygens (including phenoxy) is 1. The average Bonchev–Trinajstić information content (AvgIpc) is 2.62. The van der Waals surface area contributed by atoms with E-state index in [2.05, 4.69) is 6.58 Å². The van der Waals surface area contributed by atoms with E-state index in [0.29, 0.717) is 12.8 Å². The van der Waals surface area contributed by atoms with Crippen LogP contribution >= 0.6 is 0 Å². The Hall–Kier alpha value is -1.09. The SMILES string of the molecule is C=C(C)C(=O)OC1CC2CC(NS(=O)(=O)C(F)(F)F)CC1C2.